The molecule has 0 aromatic heterocycles. The minimum Gasteiger partial charge on any atom is -0.350 e. The molecule has 0 saturated heterocycles. The van der Waals surface area contributed by atoms with Crippen molar-refractivity contribution in [1.29, 1.82) is 0 Å². The first-order valence-corrected chi connectivity index (χ1v) is 8.11. The van der Waals surface area contributed by atoms with Crippen LogP contribution in [-0.4, -0.2) is 24.0 Å². The van der Waals surface area contributed by atoms with Gasteiger partial charge in [-0.2, -0.15) is 24.9 Å². The largest absolute Gasteiger partial charge is 0.417 e. The number of halogens is 4. The number of hydrogen-bond acceptors (Lipinski definition) is 2. The highest BCUT2D eigenvalue weighted by Gasteiger charge is 2.33. The number of hydrogen-bond donors (Lipinski definition) is 1. The zero-order valence-electron chi connectivity index (χ0n) is 11.1. The van der Waals surface area contributed by atoms with Crippen LogP contribution in [0, 0.1) is 0 Å². The first-order valence-electron chi connectivity index (χ1n) is 5.92. The van der Waals surface area contributed by atoms with E-state index in [0.29, 0.717) is 0 Å². The van der Waals surface area contributed by atoms with Crippen molar-refractivity contribution in [2.24, 2.45) is 0 Å². The van der Waals surface area contributed by atoms with Crippen LogP contribution in [0.4, 0.5) is 13.2 Å². The first-order chi connectivity index (χ1) is 9.25. The van der Waals surface area contributed by atoms with Gasteiger partial charge in [-0.3, -0.25) is 4.79 Å². The van der Waals surface area contributed by atoms with E-state index in [2.05, 4.69) is 21.2 Å². The number of carbonyl (C=O) groups is 1. The first kappa shape index (κ1) is 17.4. The number of amides is 1. The third-order valence-corrected chi connectivity index (χ3v) is 4.00. The molecular formula is C13H15BrF3NOS. The van der Waals surface area contributed by atoms with Crippen molar-refractivity contribution in [1.82, 2.24) is 5.32 Å². The second kappa shape index (κ2) is 7.36. The summed E-state index contributed by atoms with van der Waals surface area (Å²) in [5, 5.41) is 2.69. The van der Waals surface area contributed by atoms with Gasteiger partial charge in [-0.1, -0.05) is 15.9 Å². The standard InChI is InChI=1S/C13H15BrF3NOS/c1-8(5-6-20-2)18-12(19)9-3-4-11(14)10(7-9)13(15,16)17/h3-4,7-8H,5-6H2,1-2H3,(H,18,19). The van der Waals surface area contributed by atoms with Crippen LogP contribution in [0.5, 0.6) is 0 Å². The highest BCUT2D eigenvalue weighted by atomic mass is 79.9. The van der Waals surface area contributed by atoms with Crippen molar-refractivity contribution in [2.75, 3.05) is 12.0 Å². The third-order valence-electron chi connectivity index (χ3n) is 2.67. The van der Waals surface area contributed by atoms with E-state index in [4.69, 9.17) is 0 Å². The number of alkyl halides is 3. The fourth-order valence-corrected chi connectivity index (χ4v) is 2.62. The van der Waals surface area contributed by atoms with E-state index in [0.717, 1.165) is 18.2 Å². The molecule has 0 fully saturated rings. The molecule has 1 aromatic carbocycles. The van der Waals surface area contributed by atoms with Crippen molar-refractivity contribution in [2.45, 2.75) is 25.6 Å². The van der Waals surface area contributed by atoms with Gasteiger partial charge < -0.3 is 5.32 Å². The Morgan fingerprint density at radius 2 is 2.10 bits per heavy atom. The van der Waals surface area contributed by atoms with Gasteiger partial charge in [0.2, 0.25) is 0 Å². The maximum absolute atomic E-state index is 12.8. The van der Waals surface area contributed by atoms with E-state index in [1.54, 1.807) is 11.8 Å². The third kappa shape index (κ3) is 5.01. The number of nitrogens with one attached hydrogen (secondary N) is 1. The van der Waals surface area contributed by atoms with Crippen molar-refractivity contribution in [3.63, 3.8) is 0 Å². The summed E-state index contributed by atoms with van der Waals surface area (Å²) in [6.07, 6.45) is -1.76. The summed E-state index contributed by atoms with van der Waals surface area (Å²) in [6.45, 7) is 1.83. The topological polar surface area (TPSA) is 29.1 Å². The highest BCUT2D eigenvalue weighted by molar-refractivity contribution is 9.10. The predicted molar refractivity (Wildman–Crippen MR) is 79.1 cm³/mol. The summed E-state index contributed by atoms with van der Waals surface area (Å²) in [6, 6.07) is 3.40. The smallest absolute Gasteiger partial charge is 0.350 e. The summed E-state index contributed by atoms with van der Waals surface area (Å²) < 4.78 is 38.2. The second-order valence-electron chi connectivity index (χ2n) is 4.35. The molecule has 0 radical (unpaired) electrons. The predicted octanol–water partition coefficient (Wildman–Crippen LogP) is 4.34. The van der Waals surface area contributed by atoms with Gasteiger partial charge in [0.1, 0.15) is 0 Å². The van der Waals surface area contributed by atoms with Gasteiger partial charge in [0.25, 0.3) is 5.91 Å². The van der Waals surface area contributed by atoms with Crippen LogP contribution < -0.4 is 5.32 Å². The molecule has 20 heavy (non-hydrogen) atoms. The van der Waals surface area contributed by atoms with Crippen LogP contribution in [0.3, 0.4) is 0 Å². The van der Waals surface area contributed by atoms with Crippen LogP contribution in [0.15, 0.2) is 22.7 Å². The van der Waals surface area contributed by atoms with Crippen LogP contribution in [0.1, 0.15) is 29.3 Å². The van der Waals surface area contributed by atoms with E-state index in [-0.39, 0.29) is 16.1 Å². The molecule has 1 rings (SSSR count). The lowest BCUT2D eigenvalue weighted by Crippen LogP contribution is -2.33. The Kier molecular flexibility index (Phi) is 6.39. The van der Waals surface area contributed by atoms with Crippen molar-refractivity contribution in [3.8, 4) is 0 Å². The van der Waals surface area contributed by atoms with E-state index in [1.165, 1.54) is 12.1 Å². The molecule has 1 N–H and O–H groups in total. The fraction of sp³-hybridized carbons (Fsp3) is 0.462. The van der Waals surface area contributed by atoms with E-state index in [1.807, 2.05) is 13.2 Å². The van der Waals surface area contributed by atoms with Crippen molar-refractivity contribution < 1.29 is 18.0 Å². The minimum absolute atomic E-state index is 0.0107. The van der Waals surface area contributed by atoms with Crippen LogP contribution in [0.25, 0.3) is 0 Å². The highest BCUT2D eigenvalue weighted by Crippen LogP contribution is 2.35. The molecule has 1 unspecified atom stereocenters. The Morgan fingerprint density at radius 1 is 1.45 bits per heavy atom. The quantitative estimate of drug-likeness (QED) is 0.836. The molecule has 0 aliphatic rings. The Labute approximate surface area is 128 Å². The lowest BCUT2D eigenvalue weighted by molar-refractivity contribution is -0.138. The fourth-order valence-electron chi connectivity index (χ4n) is 1.56. The van der Waals surface area contributed by atoms with Crippen LogP contribution >= 0.6 is 27.7 Å². The van der Waals surface area contributed by atoms with Crippen LogP contribution in [-0.2, 0) is 6.18 Å². The zero-order chi connectivity index (χ0) is 15.3. The SMILES string of the molecule is CSCCC(C)NC(=O)c1ccc(Br)c(C(F)(F)F)c1. The summed E-state index contributed by atoms with van der Waals surface area (Å²) in [4.78, 5) is 11.9. The van der Waals surface area contributed by atoms with Gasteiger partial charge in [0.15, 0.2) is 0 Å². The number of rotatable bonds is 5. The average molecular weight is 370 g/mol. The second-order valence-corrected chi connectivity index (χ2v) is 6.19. The van der Waals surface area contributed by atoms with Gasteiger partial charge in [-0.15, -0.1) is 0 Å². The Morgan fingerprint density at radius 3 is 2.65 bits per heavy atom. The summed E-state index contributed by atoms with van der Waals surface area (Å²) in [5.41, 5.74) is -0.835. The molecule has 0 aliphatic carbocycles. The molecule has 0 saturated carbocycles. The van der Waals surface area contributed by atoms with Gasteiger partial charge in [0, 0.05) is 16.1 Å². The molecule has 1 aromatic rings. The average Bonchev–Trinajstić information content (AvgIpc) is 2.35. The van der Waals surface area contributed by atoms with Gasteiger partial charge in [0.05, 0.1) is 5.56 Å². The maximum atomic E-state index is 12.8. The van der Waals surface area contributed by atoms with Gasteiger partial charge >= 0.3 is 6.18 Å². The normalized spacial score (nSPS) is 13.1. The molecule has 0 spiro atoms. The Balaban J connectivity index is 2.84. The summed E-state index contributed by atoms with van der Waals surface area (Å²) in [5.74, 6) is 0.395. The van der Waals surface area contributed by atoms with Gasteiger partial charge in [-0.05, 0) is 43.6 Å². The number of benzene rings is 1. The molecule has 0 aliphatic heterocycles. The van der Waals surface area contributed by atoms with Gasteiger partial charge in [-0.25, -0.2) is 0 Å². The molecule has 0 heterocycles. The maximum Gasteiger partial charge on any atom is 0.417 e. The van der Waals surface area contributed by atoms with Crippen molar-refractivity contribution in [3.05, 3.63) is 33.8 Å². The van der Waals surface area contributed by atoms with E-state index < -0.39 is 17.6 Å². The van der Waals surface area contributed by atoms with Crippen molar-refractivity contribution >= 4 is 33.6 Å². The molecular weight excluding hydrogens is 355 g/mol. The lowest BCUT2D eigenvalue weighted by Gasteiger charge is -2.15. The van der Waals surface area contributed by atoms with Crippen LogP contribution in [0.2, 0.25) is 0 Å². The number of thioether (sulfide) groups is 1. The molecule has 1 amide bonds. The Bertz CT molecular complexity index is 479. The summed E-state index contributed by atoms with van der Waals surface area (Å²) >= 11 is 4.50. The van der Waals surface area contributed by atoms with E-state index in [9.17, 15) is 18.0 Å². The molecule has 2 nitrogen and oxygen atoms in total. The number of carbonyl (C=O) groups excluding carboxylic acids is 1. The molecule has 1 atom stereocenters. The Hall–Kier alpha value is -0.690. The molecule has 112 valence electrons. The molecule has 7 heteroatoms. The zero-order valence-corrected chi connectivity index (χ0v) is 13.5. The minimum atomic E-state index is -4.49. The van der Waals surface area contributed by atoms with E-state index >= 15 is 0 Å². The summed E-state index contributed by atoms with van der Waals surface area (Å²) in [7, 11) is 0. The monoisotopic (exact) mass is 369 g/mol. The lowest BCUT2D eigenvalue weighted by atomic mass is 10.1. The molecule has 0 bridgehead atoms.